The minimum absolute atomic E-state index is 0.0877. The third-order valence-electron chi connectivity index (χ3n) is 3.56. The lowest BCUT2D eigenvalue weighted by Crippen LogP contribution is -2.07. The molecular weight excluding hydrogens is 340 g/mol. The highest BCUT2D eigenvalue weighted by molar-refractivity contribution is 6.00. The predicted molar refractivity (Wildman–Crippen MR) is 94.6 cm³/mol. The lowest BCUT2D eigenvalue weighted by atomic mass is 10.1. The van der Waals surface area contributed by atoms with E-state index in [2.05, 4.69) is 26.7 Å². The van der Waals surface area contributed by atoms with E-state index in [0.717, 1.165) is 11.8 Å². The first-order valence-electron chi connectivity index (χ1n) is 7.68. The molecule has 2 aromatic heterocycles. The molecule has 0 aliphatic rings. The summed E-state index contributed by atoms with van der Waals surface area (Å²) in [5.74, 6) is -1.06. The van der Waals surface area contributed by atoms with Gasteiger partial charge in [-0.3, -0.25) is 0 Å². The largest absolute Gasteiger partial charge is 0.389 e. The summed E-state index contributed by atoms with van der Waals surface area (Å²) in [7, 11) is 0. The van der Waals surface area contributed by atoms with Crippen LogP contribution in [0.5, 0.6) is 0 Å². The molecule has 0 spiro atoms. The summed E-state index contributed by atoms with van der Waals surface area (Å²) in [5, 5.41) is 8.72. The van der Waals surface area contributed by atoms with Gasteiger partial charge in [0.25, 0.3) is 0 Å². The monoisotopic (exact) mass is 355 g/mol. The van der Waals surface area contributed by atoms with Gasteiger partial charge in [-0.15, -0.1) is 0 Å². The summed E-state index contributed by atoms with van der Waals surface area (Å²) in [5.41, 5.74) is 2.27. The number of aliphatic imine (C=N–C) groups is 2. The fraction of sp³-hybridized carbons (Fsp3) is 0.111. The van der Waals surface area contributed by atoms with Crippen LogP contribution in [0.1, 0.15) is 17.0 Å². The first-order chi connectivity index (χ1) is 12.6. The van der Waals surface area contributed by atoms with Crippen LogP contribution in [0.25, 0.3) is 5.65 Å². The normalized spacial score (nSPS) is 12.6. The van der Waals surface area contributed by atoms with E-state index in [1.54, 1.807) is 35.1 Å². The van der Waals surface area contributed by atoms with Crippen molar-refractivity contribution in [2.75, 3.05) is 6.61 Å². The Morgan fingerprint density at radius 3 is 2.96 bits per heavy atom. The lowest BCUT2D eigenvalue weighted by Gasteiger charge is -2.07. The van der Waals surface area contributed by atoms with Gasteiger partial charge in [0.1, 0.15) is 17.3 Å². The molecule has 26 heavy (non-hydrogen) atoms. The molecule has 0 fully saturated rings. The highest BCUT2D eigenvalue weighted by Crippen LogP contribution is 2.15. The van der Waals surface area contributed by atoms with Crippen LogP contribution in [-0.2, 0) is 6.42 Å². The number of fused-ring (bicyclic) bond motifs is 1. The molecular formula is C18H15F2N5O. The number of aliphatic hydroxyl groups excluding tert-OH is 1. The van der Waals surface area contributed by atoms with Gasteiger partial charge in [-0.2, -0.15) is 0 Å². The molecule has 132 valence electrons. The van der Waals surface area contributed by atoms with Gasteiger partial charge in [-0.1, -0.05) is 12.1 Å². The maximum Gasteiger partial charge on any atom is 0.179 e. The molecule has 1 N–H and O–H groups in total. The smallest absolute Gasteiger partial charge is 0.179 e. The van der Waals surface area contributed by atoms with E-state index < -0.39 is 12.4 Å². The SMILES string of the molecule is C=N/C(=N\C=C(\F)CO)c1cn2ccnc2c(Cc2cccc(F)c2)n1. The van der Waals surface area contributed by atoms with Crippen LogP contribution in [0.15, 0.2) is 64.9 Å². The van der Waals surface area contributed by atoms with Crippen molar-refractivity contribution in [3.8, 4) is 0 Å². The zero-order valence-electron chi connectivity index (χ0n) is 13.7. The molecule has 3 rings (SSSR count). The van der Waals surface area contributed by atoms with E-state index in [4.69, 9.17) is 5.11 Å². The van der Waals surface area contributed by atoms with Crippen molar-refractivity contribution in [1.82, 2.24) is 14.4 Å². The second-order valence-corrected chi connectivity index (χ2v) is 5.38. The molecule has 2 heterocycles. The Morgan fingerprint density at radius 2 is 2.23 bits per heavy atom. The van der Waals surface area contributed by atoms with Crippen LogP contribution in [0.4, 0.5) is 8.78 Å². The summed E-state index contributed by atoms with van der Waals surface area (Å²) in [6.07, 6.45) is 6.17. The van der Waals surface area contributed by atoms with Crippen LogP contribution < -0.4 is 0 Å². The third-order valence-corrected chi connectivity index (χ3v) is 3.56. The number of imidazole rings is 1. The van der Waals surface area contributed by atoms with Crippen molar-refractivity contribution in [1.29, 1.82) is 0 Å². The Labute approximate surface area is 147 Å². The Morgan fingerprint density at radius 1 is 1.38 bits per heavy atom. The maximum atomic E-state index is 13.4. The molecule has 0 amide bonds. The summed E-state index contributed by atoms with van der Waals surface area (Å²) < 4.78 is 28.3. The van der Waals surface area contributed by atoms with Gasteiger partial charge in [0.15, 0.2) is 11.5 Å². The van der Waals surface area contributed by atoms with E-state index >= 15 is 0 Å². The number of nitrogens with zero attached hydrogens (tertiary/aromatic N) is 5. The van der Waals surface area contributed by atoms with Crippen molar-refractivity contribution in [2.24, 2.45) is 9.98 Å². The van der Waals surface area contributed by atoms with Gasteiger partial charge >= 0.3 is 0 Å². The van der Waals surface area contributed by atoms with Crippen molar-refractivity contribution in [3.05, 3.63) is 77.7 Å². The van der Waals surface area contributed by atoms with Crippen LogP contribution in [0.2, 0.25) is 0 Å². The number of hydrogen-bond acceptors (Lipinski definition) is 4. The fourth-order valence-electron chi connectivity index (χ4n) is 2.42. The molecule has 0 aliphatic carbocycles. The minimum Gasteiger partial charge on any atom is -0.389 e. The van der Waals surface area contributed by atoms with E-state index in [1.165, 1.54) is 12.1 Å². The van der Waals surface area contributed by atoms with Crippen molar-refractivity contribution >= 4 is 18.2 Å². The zero-order chi connectivity index (χ0) is 18.5. The Kier molecular flexibility index (Phi) is 5.23. The zero-order valence-corrected chi connectivity index (χ0v) is 13.7. The van der Waals surface area contributed by atoms with Crippen LogP contribution in [0, 0.1) is 5.82 Å². The van der Waals surface area contributed by atoms with Crippen LogP contribution >= 0.6 is 0 Å². The second-order valence-electron chi connectivity index (χ2n) is 5.38. The van der Waals surface area contributed by atoms with Gasteiger partial charge in [0.2, 0.25) is 0 Å². The first kappa shape index (κ1) is 17.6. The average Bonchev–Trinajstić information content (AvgIpc) is 3.11. The highest BCUT2D eigenvalue weighted by atomic mass is 19.1. The number of rotatable bonds is 5. The number of hydrogen-bond donors (Lipinski definition) is 1. The molecule has 0 radical (unpaired) electrons. The molecule has 0 aliphatic heterocycles. The van der Waals surface area contributed by atoms with E-state index in [9.17, 15) is 8.78 Å². The molecule has 6 nitrogen and oxygen atoms in total. The van der Waals surface area contributed by atoms with Crippen LogP contribution in [0.3, 0.4) is 0 Å². The summed E-state index contributed by atoms with van der Waals surface area (Å²) in [4.78, 5) is 16.4. The van der Waals surface area contributed by atoms with Gasteiger partial charge in [-0.25, -0.2) is 28.7 Å². The highest BCUT2D eigenvalue weighted by Gasteiger charge is 2.12. The molecule has 8 heteroatoms. The molecule has 3 aromatic rings. The van der Waals surface area contributed by atoms with Gasteiger partial charge in [0, 0.05) is 25.0 Å². The number of halogens is 2. The predicted octanol–water partition coefficient (Wildman–Crippen LogP) is 2.71. The van der Waals surface area contributed by atoms with Gasteiger partial charge < -0.3 is 9.51 Å². The number of aliphatic hydroxyl groups is 1. The number of amidine groups is 1. The molecule has 0 atom stereocenters. The van der Waals surface area contributed by atoms with Crippen LogP contribution in [-0.4, -0.2) is 38.6 Å². The van der Waals surface area contributed by atoms with E-state index in [-0.39, 0.29) is 11.7 Å². The number of aromatic nitrogens is 3. The summed E-state index contributed by atoms with van der Waals surface area (Å²) >= 11 is 0. The molecule has 0 saturated heterocycles. The number of benzene rings is 1. The first-order valence-corrected chi connectivity index (χ1v) is 7.68. The summed E-state index contributed by atoms with van der Waals surface area (Å²) in [6, 6.07) is 6.20. The Bertz CT molecular complexity index is 1010. The Balaban J connectivity index is 2.06. The fourth-order valence-corrected chi connectivity index (χ4v) is 2.42. The van der Waals surface area contributed by atoms with Crippen molar-refractivity contribution in [3.63, 3.8) is 0 Å². The van der Waals surface area contributed by atoms with E-state index in [0.29, 0.717) is 23.5 Å². The quantitative estimate of drug-likeness (QED) is 0.565. The minimum atomic E-state index is -0.810. The third kappa shape index (κ3) is 3.86. The molecule has 0 unspecified atom stereocenters. The Hall–Kier alpha value is -3.26. The van der Waals surface area contributed by atoms with Crippen molar-refractivity contribution in [2.45, 2.75) is 6.42 Å². The lowest BCUT2D eigenvalue weighted by molar-refractivity contribution is 0.298. The summed E-state index contributed by atoms with van der Waals surface area (Å²) in [6.45, 7) is 2.67. The second kappa shape index (κ2) is 7.75. The topological polar surface area (TPSA) is 75.1 Å². The van der Waals surface area contributed by atoms with Crippen molar-refractivity contribution < 1.29 is 13.9 Å². The standard InChI is InChI=1S/C18H15F2N5O/c1-21-17(23-9-14(20)11-26)16-10-25-6-5-22-18(25)15(24-16)8-12-3-2-4-13(19)7-12/h2-7,9-10,26H,1,8,11H2/b14-9+,23-17-. The maximum absolute atomic E-state index is 13.4. The molecule has 0 bridgehead atoms. The average molecular weight is 355 g/mol. The van der Waals surface area contributed by atoms with Gasteiger partial charge in [-0.05, 0) is 24.4 Å². The van der Waals surface area contributed by atoms with Gasteiger partial charge in [0.05, 0.1) is 18.5 Å². The molecule has 1 aromatic carbocycles. The van der Waals surface area contributed by atoms with E-state index in [1.807, 2.05) is 0 Å². The molecule has 0 saturated carbocycles.